The standard InChI is InChI=1S/C9H12N2O3S/c10-15(13,14)9-4-2-1-3-8(9)11-5-7(12)6-11/h1-4,7,12H,5-6H2,(H2,10,13,14). The molecule has 5 nitrogen and oxygen atoms in total. The van der Waals surface area contributed by atoms with Gasteiger partial charge < -0.3 is 10.0 Å². The minimum Gasteiger partial charge on any atom is -0.389 e. The first-order valence-corrected chi connectivity index (χ1v) is 6.08. The smallest absolute Gasteiger partial charge is 0.240 e. The molecule has 1 aliphatic rings. The lowest BCUT2D eigenvalue weighted by Crippen LogP contribution is -2.51. The Balaban J connectivity index is 2.39. The molecule has 1 aliphatic heterocycles. The highest BCUT2D eigenvalue weighted by atomic mass is 32.2. The van der Waals surface area contributed by atoms with Crippen molar-refractivity contribution >= 4 is 15.7 Å². The molecule has 82 valence electrons. The first kappa shape index (κ1) is 10.4. The predicted octanol–water partition coefficient (Wildman–Crippen LogP) is -0.485. The van der Waals surface area contributed by atoms with Crippen molar-refractivity contribution in [3.8, 4) is 0 Å². The number of hydrogen-bond acceptors (Lipinski definition) is 4. The van der Waals surface area contributed by atoms with Gasteiger partial charge in [-0.25, -0.2) is 13.6 Å². The molecular formula is C9H12N2O3S. The lowest BCUT2D eigenvalue weighted by Gasteiger charge is -2.38. The molecule has 0 aliphatic carbocycles. The van der Waals surface area contributed by atoms with Gasteiger partial charge in [-0.1, -0.05) is 12.1 Å². The van der Waals surface area contributed by atoms with Crippen LogP contribution in [0.5, 0.6) is 0 Å². The third-order valence-electron chi connectivity index (χ3n) is 2.37. The molecule has 2 rings (SSSR count). The predicted molar refractivity (Wildman–Crippen MR) is 56.0 cm³/mol. The van der Waals surface area contributed by atoms with Crippen LogP contribution in [0, 0.1) is 0 Å². The zero-order valence-corrected chi connectivity index (χ0v) is 8.81. The van der Waals surface area contributed by atoms with Gasteiger partial charge in [0, 0.05) is 13.1 Å². The molecule has 1 heterocycles. The highest BCUT2D eigenvalue weighted by molar-refractivity contribution is 7.89. The number of anilines is 1. The van der Waals surface area contributed by atoms with Gasteiger partial charge in [0.05, 0.1) is 11.8 Å². The summed E-state index contributed by atoms with van der Waals surface area (Å²) in [5.41, 5.74) is 0.560. The van der Waals surface area contributed by atoms with Crippen molar-refractivity contribution in [3.63, 3.8) is 0 Å². The van der Waals surface area contributed by atoms with E-state index in [2.05, 4.69) is 0 Å². The maximum atomic E-state index is 11.3. The first-order valence-electron chi connectivity index (χ1n) is 4.53. The van der Waals surface area contributed by atoms with E-state index in [0.717, 1.165) is 0 Å². The summed E-state index contributed by atoms with van der Waals surface area (Å²) in [6.07, 6.45) is -0.376. The lowest BCUT2D eigenvalue weighted by molar-refractivity contribution is 0.141. The number of nitrogens with two attached hydrogens (primary N) is 1. The summed E-state index contributed by atoms with van der Waals surface area (Å²) in [6, 6.07) is 6.52. The highest BCUT2D eigenvalue weighted by Gasteiger charge is 2.28. The van der Waals surface area contributed by atoms with Crippen LogP contribution in [0.4, 0.5) is 5.69 Å². The van der Waals surface area contributed by atoms with Gasteiger partial charge in [0.15, 0.2) is 0 Å². The lowest BCUT2D eigenvalue weighted by atomic mass is 10.1. The number of benzene rings is 1. The number of primary sulfonamides is 1. The fourth-order valence-electron chi connectivity index (χ4n) is 1.61. The third-order valence-corrected chi connectivity index (χ3v) is 3.33. The number of rotatable bonds is 2. The number of nitrogens with zero attached hydrogens (tertiary/aromatic N) is 1. The minimum atomic E-state index is -3.70. The van der Waals surface area contributed by atoms with Gasteiger partial charge in [0.25, 0.3) is 0 Å². The van der Waals surface area contributed by atoms with Crippen LogP contribution in [0.15, 0.2) is 29.2 Å². The molecule has 0 atom stereocenters. The molecule has 0 bridgehead atoms. The van der Waals surface area contributed by atoms with Crippen LogP contribution in [-0.4, -0.2) is 32.7 Å². The second-order valence-electron chi connectivity index (χ2n) is 3.57. The van der Waals surface area contributed by atoms with Crippen LogP contribution in [0.3, 0.4) is 0 Å². The third kappa shape index (κ3) is 1.97. The molecule has 0 spiro atoms. The van der Waals surface area contributed by atoms with Crippen molar-refractivity contribution in [2.24, 2.45) is 5.14 Å². The maximum absolute atomic E-state index is 11.3. The van der Waals surface area contributed by atoms with E-state index in [1.165, 1.54) is 6.07 Å². The molecular weight excluding hydrogens is 216 g/mol. The first-order chi connectivity index (χ1) is 6.98. The fraction of sp³-hybridized carbons (Fsp3) is 0.333. The highest BCUT2D eigenvalue weighted by Crippen LogP contribution is 2.27. The van der Waals surface area contributed by atoms with Gasteiger partial charge in [0.2, 0.25) is 10.0 Å². The van der Waals surface area contributed by atoms with E-state index in [1.807, 2.05) is 0 Å². The summed E-state index contributed by atoms with van der Waals surface area (Å²) < 4.78 is 22.5. The summed E-state index contributed by atoms with van der Waals surface area (Å²) in [6.45, 7) is 0.902. The topological polar surface area (TPSA) is 83.6 Å². The van der Waals surface area contributed by atoms with Gasteiger partial charge in [-0.3, -0.25) is 0 Å². The van der Waals surface area contributed by atoms with Crippen LogP contribution < -0.4 is 10.0 Å². The molecule has 1 fully saturated rings. The normalized spacial score (nSPS) is 17.6. The van der Waals surface area contributed by atoms with E-state index >= 15 is 0 Å². The van der Waals surface area contributed by atoms with Crippen molar-refractivity contribution in [2.45, 2.75) is 11.0 Å². The van der Waals surface area contributed by atoms with Crippen molar-refractivity contribution in [1.82, 2.24) is 0 Å². The minimum absolute atomic E-state index is 0.108. The molecule has 0 saturated carbocycles. The Labute approximate surface area is 88.2 Å². The number of sulfonamides is 1. The van der Waals surface area contributed by atoms with Crippen LogP contribution in [0.1, 0.15) is 0 Å². The van der Waals surface area contributed by atoms with Crippen LogP contribution in [0.25, 0.3) is 0 Å². The second-order valence-corrected chi connectivity index (χ2v) is 5.10. The summed E-state index contributed by atoms with van der Waals surface area (Å²) in [7, 11) is -3.70. The average molecular weight is 228 g/mol. The molecule has 0 unspecified atom stereocenters. The summed E-state index contributed by atoms with van der Waals surface area (Å²) in [5, 5.41) is 14.2. The van der Waals surface area contributed by atoms with Crippen LogP contribution in [-0.2, 0) is 10.0 Å². The van der Waals surface area contributed by atoms with Crippen LogP contribution >= 0.6 is 0 Å². The molecule has 3 N–H and O–H groups in total. The maximum Gasteiger partial charge on any atom is 0.240 e. The summed E-state index contributed by atoms with van der Waals surface area (Å²) in [5.74, 6) is 0. The average Bonchev–Trinajstić information content (AvgIpc) is 2.12. The zero-order valence-electron chi connectivity index (χ0n) is 8.00. The van der Waals surface area contributed by atoms with E-state index in [0.29, 0.717) is 18.8 Å². The molecule has 0 aromatic heterocycles. The van der Waals surface area contributed by atoms with E-state index < -0.39 is 10.0 Å². The SMILES string of the molecule is NS(=O)(=O)c1ccccc1N1CC(O)C1. The second kappa shape index (κ2) is 3.48. The number of aliphatic hydroxyl groups excluding tert-OH is 1. The molecule has 1 aromatic rings. The fourth-order valence-corrected chi connectivity index (χ4v) is 2.37. The Kier molecular flexibility index (Phi) is 2.41. The van der Waals surface area contributed by atoms with Crippen molar-refractivity contribution in [1.29, 1.82) is 0 Å². The zero-order chi connectivity index (χ0) is 11.1. The number of hydrogen-bond donors (Lipinski definition) is 2. The molecule has 1 saturated heterocycles. The van der Waals surface area contributed by atoms with E-state index in [-0.39, 0.29) is 11.0 Å². The summed E-state index contributed by atoms with van der Waals surface area (Å²) >= 11 is 0. The van der Waals surface area contributed by atoms with Gasteiger partial charge in [0.1, 0.15) is 4.90 Å². The molecule has 0 radical (unpaired) electrons. The van der Waals surface area contributed by atoms with Crippen LogP contribution in [0.2, 0.25) is 0 Å². The molecule has 15 heavy (non-hydrogen) atoms. The summed E-state index contributed by atoms with van der Waals surface area (Å²) in [4.78, 5) is 1.89. The van der Waals surface area contributed by atoms with E-state index in [4.69, 9.17) is 10.2 Å². The number of aliphatic hydroxyl groups is 1. The Morgan fingerprint density at radius 1 is 1.33 bits per heavy atom. The van der Waals surface area contributed by atoms with Gasteiger partial charge in [-0.15, -0.1) is 0 Å². The van der Waals surface area contributed by atoms with Crippen molar-refractivity contribution in [2.75, 3.05) is 18.0 Å². The van der Waals surface area contributed by atoms with Gasteiger partial charge >= 0.3 is 0 Å². The molecule has 6 heteroatoms. The monoisotopic (exact) mass is 228 g/mol. The number of para-hydroxylation sites is 1. The van der Waals surface area contributed by atoms with Gasteiger partial charge in [-0.05, 0) is 12.1 Å². The Morgan fingerprint density at radius 2 is 1.93 bits per heavy atom. The Hall–Kier alpha value is -1.11. The van der Waals surface area contributed by atoms with Crippen molar-refractivity contribution in [3.05, 3.63) is 24.3 Å². The van der Waals surface area contributed by atoms with E-state index in [9.17, 15) is 8.42 Å². The Bertz CT molecular complexity index is 466. The number of β-amino-alcohol motifs (C(OH)–C–C–N with tert-alkyl or cyclic N) is 1. The molecule has 1 aromatic carbocycles. The largest absolute Gasteiger partial charge is 0.389 e. The van der Waals surface area contributed by atoms with Crippen molar-refractivity contribution < 1.29 is 13.5 Å². The quantitative estimate of drug-likeness (QED) is 0.715. The van der Waals surface area contributed by atoms with E-state index in [1.54, 1.807) is 23.1 Å². The Morgan fingerprint density at radius 3 is 2.47 bits per heavy atom. The van der Waals surface area contributed by atoms with Gasteiger partial charge in [-0.2, -0.15) is 0 Å². The molecule has 0 amide bonds.